The molecule has 24 heavy (non-hydrogen) atoms. The summed E-state index contributed by atoms with van der Waals surface area (Å²) in [5.74, 6) is 0.976. The van der Waals surface area contributed by atoms with Crippen molar-refractivity contribution in [3.63, 3.8) is 0 Å². The first kappa shape index (κ1) is 15.1. The molecule has 4 rings (SSSR count). The maximum Gasteiger partial charge on any atom is 0.160 e. The van der Waals surface area contributed by atoms with Crippen molar-refractivity contribution in [3.8, 4) is 11.5 Å². The van der Waals surface area contributed by atoms with Gasteiger partial charge in [-0.15, -0.1) is 0 Å². The van der Waals surface area contributed by atoms with Crippen LogP contribution in [0.15, 0.2) is 48.8 Å². The third-order valence-corrected chi connectivity index (χ3v) is 4.54. The van der Waals surface area contributed by atoms with Crippen LogP contribution >= 0.6 is 0 Å². The number of hydrogen-bond donors (Lipinski definition) is 1. The fourth-order valence-corrected chi connectivity index (χ4v) is 3.29. The molecule has 0 unspecified atom stereocenters. The summed E-state index contributed by atoms with van der Waals surface area (Å²) < 4.78 is 4.34. The summed E-state index contributed by atoms with van der Waals surface area (Å²) in [6.07, 6.45) is 7.24. The monoisotopic (exact) mass is 321 g/mol. The number of benzene rings is 1. The molecule has 0 atom stereocenters. The topological polar surface area (TPSA) is 47.7 Å². The van der Waals surface area contributed by atoms with Gasteiger partial charge < -0.3 is 9.88 Å². The van der Waals surface area contributed by atoms with E-state index in [0.717, 1.165) is 57.0 Å². The molecule has 3 heterocycles. The van der Waals surface area contributed by atoms with E-state index in [9.17, 15) is 0 Å². The predicted molar refractivity (Wildman–Crippen MR) is 94.5 cm³/mol. The first-order chi connectivity index (χ1) is 11.9. The van der Waals surface area contributed by atoms with Crippen LogP contribution in [-0.4, -0.2) is 25.9 Å². The Hall–Kier alpha value is -2.40. The van der Waals surface area contributed by atoms with E-state index in [1.807, 2.05) is 6.20 Å². The minimum absolute atomic E-state index is 0.891. The summed E-state index contributed by atoms with van der Waals surface area (Å²) in [4.78, 5) is 4.55. The zero-order valence-electron chi connectivity index (χ0n) is 13.9. The number of nitrogens with one attached hydrogen (secondary N) is 1. The zero-order valence-corrected chi connectivity index (χ0v) is 13.9. The van der Waals surface area contributed by atoms with Crippen LogP contribution in [-0.2, 0) is 26.1 Å². The van der Waals surface area contributed by atoms with Crippen LogP contribution in [0.2, 0.25) is 0 Å². The summed E-state index contributed by atoms with van der Waals surface area (Å²) in [7, 11) is 0. The lowest BCUT2D eigenvalue weighted by Crippen LogP contribution is -2.11. The Balaban J connectivity index is 1.46. The molecule has 5 nitrogen and oxygen atoms in total. The van der Waals surface area contributed by atoms with Gasteiger partial charge in [0.1, 0.15) is 5.69 Å². The Bertz CT molecular complexity index is 764. The van der Waals surface area contributed by atoms with E-state index in [-0.39, 0.29) is 0 Å². The highest BCUT2D eigenvalue weighted by molar-refractivity contribution is 5.50. The first-order valence-electron chi connectivity index (χ1n) is 8.73. The minimum atomic E-state index is 0.891. The van der Waals surface area contributed by atoms with Crippen molar-refractivity contribution in [1.29, 1.82) is 0 Å². The van der Waals surface area contributed by atoms with Crippen molar-refractivity contribution in [2.24, 2.45) is 0 Å². The van der Waals surface area contributed by atoms with E-state index in [1.54, 1.807) is 0 Å². The minimum Gasteiger partial charge on any atom is -0.330 e. The fraction of sp³-hybridized carbons (Fsp3) is 0.368. The van der Waals surface area contributed by atoms with Crippen LogP contribution in [0.3, 0.4) is 0 Å². The lowest BCUT2D eigenvalue weighted by atomic mass is 10.1. The zero-order chi connectivity index (χ0) is 16.2. The number of aryl methyl sites for hydroxylation is 3. The second-order valence-electron chi connectivity index (χ2n) is 6.31. The average molecular weight is 321 g/mol. The Morgan fingerprint density at radius 1 is 1.17 bits per heavy atom. The van der Waals surface area contributed by atoms with Crippen LogP contribution in [0.25, 0.3) is 11.5 Å². The normalized spacial score (nSPS) is 14.3. The van der Waals surface area contributed by atoms with Crippen LogP contribution in [0, 0.1) is 0 Å². The lowest BCUT2D eigenvalue weighted by molar-refractivity contribution is 0.586. The molecule has 0 saturated heterocycles. The van der Waals surface area contributed by atoms with Gasteiger partial charge in [0.15, 0.2) is 5.82 Å². The number of fused-ring (bicyclic) bond motifs is 1. The molecule has 5 heteroatoms. The van der Waals surface area contributed by atoms with Gasteiger partial charge in [-0.3, -0.25) is 4.68 Å². The standard InChI is InChI=1S/C19H23N5/c1-2-6-16(7-3-1)8-4-11-23-13-10-21-19(23)18-14-17-15-20-9-5-12-24(17)22-18/h1-3,6-7,10,13-14,20H,4-5,8-9,11-12,15H2. The summed E-state index contributed by atoms with van der Waals surface area (Å²) in [5, 5.41) is 8.21. The van der Waals surface area contributed by atoms with E-state index in [0.29, 0.717) is 0 Å². The lowest BCUT2D eigenvalue weighted by Gasteiger charge is -2.06. The van der Waals surface area contributed by atoms with Gasteiger partial charge in [-0.25, -0.2) is 4.98 Å². The van der Waals surface area contributed by atoms with Crippen LogP contribution in [0.1, 0.15) is 24.1 Å². The molecule has 2 aromatic heterocycles. The average Bonchev–Trinajstić information content (AvgIpc) is 3.17. The molecule has 1 aliphatic rings. The van der Waals surface area contributed by atoms with Gasteiger partial charge in [-0.05, 0) is 37.4 Å². The molecule has 0 amide bonds. The Kier molecular flexibility index (Phi) is 4.42. The number of rotatable bonds is 5. The summed E-state index contributed by atoms with van der Waals surface area (Å²) in [6, 6.07) is 12.8. The van der Waals surface area contributed by atoms with E-state index in [2.05, 4.69) is 62.1 Å². The van der Waals surface area contributed by atoms with Gasteiger partial charge in [0.25, 0.3) is 0 Å². The Morgan fingerprint density at radius 2 is 2.08 bits per heavy atom. The Labute approximate surface area is 142 Å². The number of aromatic nitrogens is 4. The molecule has 1 aliphatic heterocycles. The number of nitrogens with zero attached hydrogens (tertiary/aromatic N) is 4. The first-order valence-corrected chi connectivity index (χ1v) is 8.73. The molecule has 1 aromatic carbocycles. The highest BCUT2D eigenvalue weighted by Crippen LogP contribution is 2.19. The molecule has 0 bridgehead atoms. The second-order valence-corrected chi connectivity index (χ2v) is 6.31. The highest BCUT2D eigenvalue weighted by atomic mass is 15.3. The summed E-state index contributed by atoms with van der Waals surface area (Å²) in [6.45, 7) is 3.90. The molecule has 0 aliphatic carbocycles. The van der Waals surface area contributed by atoms with Gasteiger partial charge in [0.2, 0.25) is 0 Å². The maximum absolute atomic E-state index is 4.77. The van der Waals surface area contributed by atoms with Gasteiger partial charge in [0, 0.05) is 32.0 Å². The Morgan fingerprint density at radius 3 is 3.00 bits per heavy atom. The van der Waals surface area contributed by atoms with Crippen molar-refractivity contribution in [2.75, 3.05) is 6.54 Å². The fourth-order valence-electron chi connectivity index (χ4n) is 3.29. The molecule has 0 saturated carbocycles. The molecule has 0 fully saturated rings. The smallest absolute Gasteiger partial charge is 0.160 e. The van der Waals surface area contributed by atoms with Crippen molar-refractivity contribution in [1.82, 2.24) is 24.6 Å². The third-order valence-electron chi connectivity index (χ3n) is 4.54. The van der Waals surface area contributed by atoms with E-state index in [1.165, 1.54) is 11.3 Å². The molecular weight excluding hydrogens is 298 g/mol. The van der Waals surface area contributed by atoms with Crippen molar-refractivity contribution in [2.45, 2.75) is 38.9 Å². The molecule has 0 radical (unpaired) electrons. The van der Waals surface area contributed by atoms with Gasteiger partial charge in [-0.2, -0.15) is 5.10 Å². The summed E-state index contributed by atoms with van der Waals surface area (Å²) in [5.41, 5.74) is 3.62. The van der Waals surface area contributed by atoms with Crippen molar-refractivity contribution < 1.29 is 0 Å². The molecular formula is C19H23N5. The molecule has 124 valence electrons. The third kappa shape index (κ3) is 3.26. The second kappa shape index (κ2) is 7.01. The molecule has 1 N–H and O–H groups in total. The number of imidazole rings is 1. The highest BCUT2D eigenvalue weighted by Gasteiger charge is 2.15. The van der Waals surface area contributed by atoms with E-state index < -0.39 is 0 Å². The van der Waals surface area contributed by atoms with Crippen molar-refractivity contribution in [3.05, 3.63) is 60.0 Å². The predicted octanol–water partition coefficient (Wildman–Crippen LogP) is 2.87. The molecule has 3 aromatic rings. The van der Waals surface area contributed by atoms with Crippen LogP contribution < -0.4 is 5.32 Å². The van der Waals surface area contributed by atoms with E-state index >= 15 is 0 Å². The SMILES string of the molecule is c1ccc(CCCn2ccnc2-c2cc3n(n2)CCCNC3)cc1. The van der Waals surface area contributed by atoms with Gasteiger partial charge in [-0.1, -0.05) is 30.3 Å². The van der Waals surface area contributed by atoms with E-state index in [4.69, 9.17) is 5.10 Å². The van der Waals surface area contributed by atoms with Crippen molar-refractivity contribution >= 4 is 0 Å². The maximum atomic E-state index is 4.77. The summed E-state index contributed by atoms with van der Waals surface area (Å²) >= 11 is 0. The van der Waals surface area contributed by atoms with Gasteiger partial charge >= 0.3 is 0 Å². The molecule has 0 spiro atoms. The van der Waals surface area contributed by atoms with Crippen LogP contribution in [0.4, 0.5) is 0 Å². The quantitative estimate of drug-likeness (QED) is 0.786. The van der Waals surface area contributed by atoms with Crippen LogP contribution in [0.5, 0.6) is 0 Å². The largest absolute Gasteiger partial charge is 0.330 e. The number of hydrogen-bond acceptors (Lipinski definition) is 3. The van der Waals surface area contributed by atoms with Gasteiger partial charge in [0.05, 0.1) is 5.69 Å².